The summed E-state index contributed by atoms with van der Waals surface area (Å²) in [5, 5.41) is 3.20. The van der Waals surface area contributed by atoms with Gasteiger partial charge in [0.25, 0.3) is 11.8 Å². The van der Waals surface area contributed by atoms with E-state index in [0.29, 0.717) is 34.4 Å². The topological polar surface area (TPSA) is 67.9 Å². The van der Waals surface area contributed by atoms with E-state index in [2.05, 4.69) is 5.32 Å². The number of ether oxygens (including phenoxy) is 2. The highest BCUT2D eigenvalue weighted by Crippen LogP contribution is 2.36. The smallest absolute Gasteiger partial charge is 0.267 e. The Morgan fingerprint density at radius 2 is 2.08 bits per heavy atom. The molecule has 1 aliphatic heterocycles. The first-order valence-corrected chi connectivity index (χ1v) is 8.66. The summed E-state index contributed by atoms with van der Waals surface area (Å²) in [4.78, 5) is 25.9. The van der Waals surface area contributed by atoms with Crippen molar-refractivity contribution in [2.24, 2.45) is 0 Å². The molecule has 0 fully saturated rings. The number of fused-ring (bicyclic) bond motifs is 1. The summed E-state index contributed by atoms with van der Waals surface area (Å²) >= 11 is 5.99. The number of benzene rings is 2. The molecule has 0 aromatic heterocycles. The number of rotatable bonds is 5. The highest BCUT2D eigenvalue weighted by Gasteiger charge is 2.30. The van der Waals surface area contributed by atoms with Crippen LogP contribution < -0.4 is 19.7 Å². The molecule has 0 radical (unpaired) electrons. The van der Waals surface area contributed by atoms with Crippen LogP contribution in [-0.4, -0.2) is 31.1 Å². The second-order valence-corrected chi connectivity index (χ2v) is 6.20. The maximum Gasteiger partial charge on any atom is 0.267 e. The molecule has 1 aliphatic rings. The lowest BCUT2D eigenvalue weighted by atomic mass is 10.1. The van der Waals surface area contributed by atoms with Gasteiger partial charge < -0.3 is 19.7 Å². The SMILES string of the molecule is CCN1C(=O)C(C)Oc2cc(NC(=O)COc3ccccc3Cl)ccc21. The third-order valence-corrected chi connectivity index (χ3v) is 4.28. The third-order valence-electron chi connectivity index (χ3n) is 3.96. The molecule has 1 N–H and O–H groups in total. The molecule has 136 valence electrons. The number of nitrogens with one attached hydrogen (secondary N) is 1. The van der Waals surface area contributed by atoms with E-state index in [4.69, 9.17) is 21.1 Å². The van der Waals surface area contributed by atoms with Gasteiger partial charge in [-0.2, -0.15) is 0 Å². The molecule has 6 nitrogen and oxygen atoms in total. The maximum absolute atomic E-state index is 12.1. The van der Waals surface area contributed by atoms with Gasteiger partial charge in [-0.3, -0.25) is 9.59 Å². The number of para-hydroxylation sites is 1. The lowest BCUT2D eigenvalue weighted by Crippen LogP contribution is -2.44. The highest BCUT2D eigenvalue weighted by atomic mass is 35.5. The van der Waals surface area contributed by atoms with Gasteiger partial charge in [-0.25, -0.2) is 0 Å². The predicted molar refractivity (Wildman–Crippen MR) is 100 cm³/mol. The molecular weight excluding hydrogens is 356 g/mol. The van der Waals surface area contributed by atoms with Gasteiger partial charge in [-0.1, -0.05) is 23.7 Å². The van der Waals surface area contributed by atoms with Crippen LogP contribution >= 0.6 is 11.6 Å². The molecule has 3 rings (SSSR count). The van der Waals surface area contributed by atoms with Crippen molar-refractivity contribution < 1.29 is 19.1 Å². The van der Waals surface area contributed by atoms with Gasteiger partial charge in [0.1, 0.15) is 11.5 Å². The van der Waals surface area contributed by atoms with E-state index in [0.717, 1.165) is 0 Å². The van der Waals surface area contributed by atoms with Crippen LogP contribution in [0.1, 0.15) is 13.8 Å². The van der Waals surface area contributed by atoms with Crippen molar-refractivity contribution >= 4 is 34.8 Å². The Morgan fingerprint density at radius 3 is 2.81 bits per heavy atom. The summed E-state index contributed by atoms with van der Waals surface area (Å²) in [6, 6.07) is 12.1. The van der Waals surface area contributed by atoms with Crippen LogP contribution in [0.15, 0.2) is 42.5 Å². The average Bonchev–Trinajstić information content (AvgIpc) is 2.62. The number of anilines is 2. The molecule has 1 heterocycles. The second kappa shape index (κ2) is 7.66. The van der Waals surface area contributed by atoms with Crippen LogP contribution in [0.25, 0.3) is 0 Å². The van der Waals surface area contributed by atoms with Crippen molar-refractivity contribution in [3.05, 3.63) is 47.5 Å². The summed E-state index contributed by atoms with van der Waals surface area (Å²) in [5.74, 6) is 0.606. The minimum Gasteiger partial charge on any atom is -0.482 e. The lowest BCUT2D eigenvalue weighted by Gasteiger charge is -2.32. The molecule has 0 spiro atoms. The Morgan fingerprint density at radius 1 is 1.31 bits per heavy atom. The normalized spacial score (nSPS) is 15.9. The molecule has 2 aromatic rings. The van der Waals surface area contributed by atoms with E-state index >= 15 is 0 Å². The molecular formula is C19H19ClN2O4. The van der Waals surface area contributed by atoms with Crippen molar-refractivity contribution in [3.63, 3.8) is 0 Å². The Hall–Kier alpha value is -2.73. The van der Waals surface area contributed by atoms with Crippen molar-refractivity contribution in [1.29, 1.82) is 0 Å². The summed E-state index contributed by atoms with van der Waals surface area (Å²) in [7, 11) is 0. The largest absolute Gasteiger partial charge is 0.482 e. The fourth-order valence-electron chi connectivity index (χ4n) is 2.72. The quantitative estimate of drug-likeness (QED) is 0.869. The molecule has 2 aromatic carbocycles. The monoisotopic (exact) mass is 374 g/mol. The molecule has 0 bridgehead atoms. The highest BCUT2D eigenvalue weighted by molar-refractivity contribution is 6.32. The number of hydrogen-bond donors (Lipinski definition) is 1. The standard InChI is InChI=1S/C19H19ClN2O4/c1-3-22-15-9-8-13(10-17(15)26-12(2)19(22)24)21-18(23)11-25-16-7-5-4-6-14(16)20/h4-10,12H,3,11H2,1-2H3,(H,21,23). The van der Waals surface area contributed by atoms with Gasteiger partial charge in [0, 0.05) is 18.3 Å². The summed E-state index contributed by atoms with van der Waals surface area (Å²) < 4.78 is 11.1. The van der Waals surface area contributed by atoms with E-state index < -0.39 is 6.10 Å². The number of amides is 2. The van der Waals surface area contributed by atoms with Gasteiger partial charge in [0.2, 0.25) is 0 Å². The number of nitrogens with zero attached hydrogens (tertiary/aromatic N) is 1. The first-order chi connectivity index (χ1) is 12.5. The number of carbonyl (C=O) groups is 2. The van der Waals surface area contributed by atoms with Crippen LogP contribution in [0.3, 0.4) is 0 Å². The van der Waals surface area contributed by atoms with Crippen LogP contribution in [0.2, 0.25) is 5.02 Å². The Balaban J connectivity index is 1.67. The predicted octanol–water partition coefficient (Wildman–Crippen LogP) is 3.49. The first kappa shape index (κ1) is 18.1. The molecule has 0 saturated heterocycles. The molecule has 7 heteroatoms. The fourth-order valence-corrected chi connectivity index (χ4v) is 2.91. The first-order valence-electron chi connectivity index (χ1n) is 8.29. The maximum atomic E-state index is 12.1. The van der Waals surface area contributed by atoms with Crippen molar-refractivity contribution in [1.82, 2.24) is 0 Å². The van der Waals surface area contributed by atoms with Crippen molar-refractivity contribution in [2.45, 2.75) is 20.0 Å². The van der Waals surface area contributed by atoms with E-state index in [1.54, 1.807) is 54.3 Å². The van der Waals surface area contributed by atoms with Gasteiger partial charge in [0.15, 0.2) is 12.7 Å². The van der Waals surface area contributed by atoms with Crippen LogP contribution in [0.4, 0.5) is 11.4 Å². The molecule has 0 aliphatic carbocycles. The van der Waals surface area contributed by atoms with E-state index in [1.165, 1.54) is 0 Å². The minimum absolute atomic E-state index is 0.0788. The molecule has 1 atom stereocenters. The van der Waals surface area contributed by atoms with Crippen molar-refractivity contribution in [3.8, 4) is 11.5 Å². The molecule has 2 amide bonds. The van der Waals surface area contributed by atoms with E-state index in [1.807, 2.05) is 6.92 Å². The number of halogens is 1. The van der Waals surface area contributed by atoms with Gasteiger partial charge in [-0.15, -0.1) is 0 Å². The minimum atomic E-state index is -0.558. The molecule has 1 unspecified atom stereocenters. The second-order valence-electron chi connectivity index (χ2n) is 5.79. The van der Waals surface area contributed by atoms with Crippen LogP contribution in [-0.2, 0) is 9.59 Å². The fraction of sp³-hybridized carbons (Fsp3) is 0.263. The van der Waals surface area contributed by atoms with Crippen LogP contribution in [0, 0.1) is 0 Å². The lowest BCUT2D eigenvalue weighted by molar-refractivity contribution is -0.125. The van der Waals surface area contributed by atoms with Gasteiger partial charge in [-0.05, 0) is 38.1 Å². The molecule has 0 saturated carbocycles. The Kier molecular flexibility index (Phi) is 5.32. The average molecular weight is 375 g/mol. The summed E-state index contributed by atoms with van der Waals surface area (Å²) in [6.45, 7) is 3.99. The zero-order chi connectivity index (χ0) is 18.7. The zero-order valence-electron chi connectivity index (χ0n) is 14.5. The Bertz CT molecular complexity index is 840. The van der Waals surface area contributed by atoms with E-state index in [-0.39, 0.29) is 18.4 Å². The zero-order valence-corrected chi connectivity index (χ0v) is 15.2. The van der Waals surface area contributed by atoms with E-state index in [9.17, 15) is 9.59 Å². The summed E-state index contributed by atoms with van der Waals surface area (Å²) in [6.07, 6.45) is -0.558. The number of carbonyl (C=O) groups excluding carboxylic acids is 2. The summed E-state index contributed by atoms with van der Waals surface area (Å²) in [5.41, 5.74) is 1.26. The van der Waals surface area contributed by atoms with Gasteiger partial charge in [0.05, 0.1) is 10.7 Å². The van der Waals surface area contributed by atoms with Crippen LogP contribution in [0.5, 0.6) is 11.5 Å². The molecule has 26 heavy (non-hydrogen) atoms. The number of hydrogen-bond acceptors (Lipinski definition) is 4. The van der Waals surface area contributed by atoms with Gasteiger partial charge >= 0.3 is 0 Å². The number of likely N-dealkylation sites (N-methyl/N-ethyl adjacent to an activating group) is 1. The Labute approximate surface area is 156 Å². The third kappa shape index (κ3) is 3.75. The van der Waals surface area contributed by atoms with Crippen molar-refractivity contribution in [2.75, 3.05) is 23.4 Å².